The Balaban J connectivity index is 2.68. The summed E-state index contributed by atoms with van der Waals surface area (Å²) in [5.41, 5.74) is 1.38. The molecule has 0 aliphatic heterocycles. The molecule has 2 nitrogen and oxygen atoms in total. The summed E-state index contributed by atoms with van der Waals surface area (Å²) in [6, 6.07) is 6.96. The van der Waals surface area contributed by atoms with Crippen molar-refractivity contribution in [3.05, 3.63) is 28.2 Å². The second-order valence-electron chi connectivity index (χ2n) is 4.57. The third-order valence-corrected chi connectivity index (χ3v) is 4.98. The molecule has 0 spiro atoms. The van der Waals surface area contributed by atoms with E-state index in [9.17, 15) is 0 Å². The summed E-state index contributed by atoms with van der Waals surface area (Å²) in [5.74, 6) is 1.14. The van der Waals surface area contributed by atoms with Gasteiger partial charge in [0.15, 0.2) is 0 Å². The van der Waals surface area contributed by atoms with Gasteiger partial charge in [-0.25, -0.2) is 0 Å². The SMILES string of the molecule is CCN(CC)CCSc1cc(Br)ccc1C(C)NC. The fraction of sp³-hybridized carbons (Fsp3) is 0.600. The molecular weight excluding hydrogens is 320 g/mol. The van der Waals surface area contributed by atoms with Gasteiger partial charge in [0.2, 0.25) is 0 Å². The lowest BCUT2D eigenvalue weighted by Gasteiger charge is -2.19. The van der Waals surface area contributed by atoms with E-state index in [4.69, 9.17) is 0 Å². The molecule has 1 unspecified atom stereocenters. The van der Waals surface area contributed by atoms with Gasteiger partial charge in [-0.1, -0.05) is 35.8 Å². The zero-order chi connectivity index (χ0) is 14.3. The molecule has 0 bridgehead atoms. The molecule has 1 aromatic carbocycles. The Morgan fingerprint density at radius 3 is 2.58 bits per heavy atom. The van der Waals surface area contributed by atoms with E-state index >= 15 is 0 Å². The van der Waals surface area contributed by atoms with Gasteiger partial charge >= 0.3 is 0 Å². The van der Waals surface area contributed by atoms with E-state index in [1.807, 2.05) is 18.8 Å². The van der Waals surface area contributed by atoms with E-state index in [-0.39, 0.29) is 0 Å². The summed E-state index contributed by atoms with van der Waals surface area (Å²) >= 11 is 5.52. The molecule has 1 atom stereocenters. The van der Waals surface area contributed by atoms with Crippen molar-refractivity contribution in [3.8, 4) is 0 Å². The Labute approximate surface area is 130 Å². The number of thioether (sulfide) groups is 1. The summed E-state index contributed by atoms with van der Waals surface area (Å²) in [4.78, 5) is 3.84. The third-order valence-electron chi connectivity index (χ3n) is 3.43. The predicted octanol–water partition coefficient (Wildman–Crippen LogP) is 4.16. The van der Waals surface area contributed by atoms with Gasteiger partial charge in [0, 0.05) is 27.7 Å². The van der Waals surface area contributed by atoms with Crippen LogP contribution in [0.5, 0.6) is 0 Å². The van der Waals surface area contributed by atoms with Gasteiger partial charge in [-0.2, -0.15) is 0 Å². The molecule has 0 saturated heterocycles. The molecule has 1 rings (SSSR count). The maximum absolute atomic E-state index is 3.57. The number of nitrogens with one attached hydrogen (secondary N) is 1. The van der Waals surface area contributed by atoms with E-state index in [0.29, 0.717) is 6.04 Å². The highest BCUT2D eigenvalue weighted by Gasteiger charge is 2.10. The molecule has 1 aromatic rings. The van der Waals surface area contributed by atoms with Crippen molar-refractivity contribution in [1.82, 2.24) is 10.2 Å². The van der Waals surface area contributed by atoms with Gasteiger partial charge < -0.3 is 10.2 Å². The zero-order valence-corrected chi connectivity index (χ0v) is 14.8. The Hall–Kier alpha value is -0.0300. The van der Waals surface area contributed by atoms with Gasteiger partial charge in [0.05, 0.1) is 0 Å². The second kappa shape index (κ2) is 9.01. The fourth-order valence-electron chi connectivity index (χ4n) is 1.97. The molecule has 4 heteroatoms. The molecule has 0 amide bonds. The number of benzene rings is 1. The van der Waals surface area contributed by atoms with E-state index in [0.717, 1.165) is 29.9 Å². The Bertz CT molecular complexity index is 380. The molecule has 0 aliphatic carbocycles. The van der Waals surface area contributed by atoms with Crippen LogP contribution in [0.15, 0.2) is 27.6 Å². The van der Waals surface area contributed by atoms with E-state index < -0.39 is 0 Å². The molecule has 1 N–H and O–H groups in total. The summed E-state index contributed by atoms with van der Waals surface area (Å²) < 4.78 is 1.16. The minimum Gasteiger partial charge on any atom is -0.313 e. The molecule has 0 radical (unpaired) electrons. The average molecular weight is 345 g/mol. The summed E-state index contributed by atoms with van der Waals surface area (Å²) in [6.07, 6.45) is 0. The number of hydrogen-bond acceptors (Lipinski definition) is 3. The van der Waals surface area contributed by atoms with Crippen LogP contribution in [0.25, 0.3) is 0 Å². The van der Waals surface area contributed by atoms with Gasteiger partial charge in [-0.15, -0.1) is 11.8 Å². The van der Waals surface area contributed by atoms with Crippen molar-refractivity contribution < 1.29 is 0 Å². The van der Waals surface area contributed by atoms with Crippen LogP contribution in [0.3, 0.4) is 0 Å². The molecule has 0 aliphatic rings. The highest BCUT2D eigenvalue weighted by atomic mass is 79.9. The van der Waals surface area contributed by atoms with Crippen molar-refractivity contribution in [1.29, 1.82) is 0 Å². The van der Waals surface area contributed by atoms with Crippen molar-refractivity contribution in [3.63, 3.8) is 0 Å². The topological polar surface area (TPSA) is 15.3 Å². The summed E-state index contributed by atoms with van der Waals surface area (Å²) in [6.45, 7) is 10.1. The van der Waals surface area contributed by atoms with E-state index in [1.165, 1.54) is 10.5 Å². The molecular formula is C15H25BrN2S. The first-order valence-corrected chi connectivity index (χ1v) is 8.72. The van der Waals surface area contributed by atoms with Crippen molar-refractivity contribution in [2.45, 2.75) is 31.7 Å². The van der Waals surface area contributed by atoms with Crippen LogP contribution in [0, 0.1) is 0 Å². The minimum atomic E-state index is 0.393. The maximum atomic E-state index is 3.57. The second-order valence-corrected chi connectivity index (χ2v) is 6.62. The number of nitrogens with zero attached hydrogens (tertiary/aromatic N) is 1. The van der Waals surface area contributed by atoms with E-state index in [2.05, 4.69) is 65.1 Å². The smallest absolute Gasteiger partial charge is 0.0300 e. The minimum absolute atomic E-state index is 0.393. The van der Waals surface area contributed by atoms with Crippen molar-refractivity contribution in [2.75, 3.05) is 32.4 Å². The van der Waals surface area contributed by atoms with Gasteiger partial charge in [-0.3, -0.25) is 0 Å². The Morgan fingerprint density at radius 2 is 2.00 bits per heavy atom. The molecule has 0 saturated carbocycles. The van der Waals surface area contributed by atoms with Gasteiger partial charge in [0.1, 0.15) is 0 Å². The van der Waals surface area contributed by atoms with Crippen LogP contribution in [-0.4, -0.2) is 37.3 Å². The fourth-order valence-corrected chi connectivity index (χ4v) is 3.67. The van der Waals surface area contributed by atoms with Crippen LogP contribution in [0.2, 0.25) is 0 Å². The van der Waals surface area contributed by atoms with Crippen LogP contribution in [-0.2, 0) is 0 Å². The van der Waals surface area contributed by atoms with Crippen molar-refractivity contribution in [2.24, 2.45) is 0 Å². The average Bonchev–Trinajstić information content (AvgIpc) is 2.43. The van der Waals surface area contributed by atoms with E-state index in [1.54, 1.807) is 0 Å². The lowest BCUT2D eigenvalue weighted by Crippen LogP contribution is -2.25. The first-order chi connectivity index (χ1) is 9.12. The zero-order valence-electron chi connectivity index (χ0n) is 12.4. The molecule has 19 heavy (non-hydrogen) atoms. The number of rotatable bonds is 8. The third kappa shape index (κ3) is 5.46. The Morgan fingerprint density at radius 1 is 1.32 bits per heavy atom. The molecule has 0 aromatic heterocycles. The number of hydrogen-bond donors (Lipinski definition) is 1. The maximum Gasteiger partial charge on any atom is 0.0300 e. The first-order valence-electron chi connectivity index (χ1n) is 6.94. The van der Waals surface area contributed by atoms with Crippen LogP contribution in [0.1, 0.15) is 32.4 Å². The highest BCUT2D eigenvalue weighted by Crippen LogP contribution is 2.30. The standard InChI is InChI=1S/C15H25BrN2S/c1-5-18(6-2)9-10-19-15-11-13(16)7-8-14(15)12(3)17-4/h7-8,11-12,17H,5-6,9-10H2,1-4H3. The summed E-state index contributed by atoms with van der Waals surface area (Å²) in [7, 11) is 2.01. The lowest BCUT2D eigenvalue weighted by molar-refractivity contribution is 0.324. The molecule has 0 heterocycles. The van der Waals surface area contributed by atoms with Crippen LogP contribution < -0.4 is 5.32 Å². The number of halogens is 1. The predicted molar refractivity (Wildman–Crippen MR) is 90.1 cm³/mol. The lowest BCUT2D eigenvalue weighted by atomic mass is 10.1. The van der Waals surface area contributed by atoms with Gasteiger partial charge in [0.25, 0.3) is 0 Å². The highest BCUT2D eigenvalue weighted by molar-refractivity contribution is 9.10. The summed E-state index contributed by atoms with van der Waals surface area (Å²) in [5, 5.41) is 3.32. The first kappa shape index (κ1) is 17.0. The van der Waals surface area contributed by atoms with Gasteiger partial charge in [-0.05, 0) is 44.8 Å². The quantitative estimate of drug-likeness (QED) is 0.712. The van der Waals surface area contributed by atoms with Crippen LogP contribution >= 0.6 is 27.7 Å². The van der Waals surface area contributed by atoms with Crippen LogP contribution in [0.4, 0.5) is 0 Å². The largest absolute Gasteiger partial charge is 0.313 e. The monoisotopic (exact) mass is 344 g/mol. The Kier molecular flexibility index (Phi) is 8.07. The normalized spacial score (nSPS) is 12.9. The molecule has 0 fully saturated rings. The molecule has 108 valence electrons. The van der Waals surface area contributed by atoms with Crippen molar-refractivity contribution >= 4 is 27.7 Å².